The van der Waals surface area contributed by atoms with Gasteiger partial charge in [0.1, 0.15) is 0 Å². The molecule has 0 spiro atoms. The van der Waals surface area contributed by atoms with Crippen LogP contribution >= 0.6 is 22.6 Å². The van der Waals surface area contributed by atoms with Crippen molar-refractivity contribution < 1.29 is 4.79 Å². The first-order valence-corrected chi connectivity index (χ1v) is 7.56. The molecule has 2 heterocycles. The molecule has 4 heteroatoms. The zero-order valence-corrected chi connectivity index (χ0v) is 12.5. The lowest BCUT2D eigenvalue weighted by atomic mass is 10.1. The summed E-state index contributed by atoms with van der Waals surface area (Å²) in [5, 5.41) is 0. The molecule has 2 saturated heterocycles. The van der Waals surface area contributed by atoms with Crippen LogP contribution in [0, 0.1) is 3.57 Å². The number of piperazine rings is 1. The second kappa shape index (κ2) is 5.17. The summed E-state index contributed by atoms with van der Waals surface area (Å²) < 4.78 is 1.28. The third-order valence-corrected chi connectivity index (χ3v) is 4.62. The molecule has 0 saturated carbocycles. The van der Waals surface area contributed by atoms with Crippen molar-refractivity contribution in [2.45, 2.75) is 25.4 Å². The largest absolute Gasteiger partial charge is 0.337 e. The lowest BCUT2D eigenvalue weighted by molar-refractivity contribution is -0.130. The number of amides is 1. The molecule has 2 aliphatic heterocycles. The van der Waals surface area contributed by atoms with Crippen LogP contribution in [0.2, 0.25) is 0 Å². The van der Waals surface area contributed by atoms with E-state index in [2.05, 4.69) is 56.7 Å². The van der Waals surface area contributed by atoms with Gasteiger partial charge in [-0.2, -0.15) is 0 Å². The number of carbonyl (C=O) groups excluding carboxylic acids is 1. The second-order valence-electron chi connectivity index (χ2n) is 5.14. The van der Waals surface area contributed by atoms with Gasteiger partial charge in [0, 0.05) is 42.2 Å². The molecule has 1 atom stereocenters. The zero-order valence-electron chi connectivity index (χ0n) is 10.3. The van der Waals surface area contributed by atoms with Crippen LogP contribution in [0.4, 0.5) is 0 Å². The lowest BCUT2D eigenvalue weighted by Gasteiger charge is -2.37. The van der Waals surface area contributed by atoms with Gasteiger partial charge in [0.05, 0.1) is 0 Å². The molecule has 1 unspecified atom stereocenters. The van der Waals surface area contributed by atoms with Gasteiger partial charge >= 0.3 is 0 Å². The van der Waals surface area contributed by atoms with Crippen LogP contribution < -0.4 is 0 Å². The highest BCUT2D eigenvalue weighted by molar-refractivity contribution is 14.1. The van der Waals surface area contributed by atoms with Crippen molar-refractivity contribution >= 4 is 28.5 Å². The average Bonchev–Trinajstić information content (AvgIpc) is 2.74. The minimum Gasteiger partial charge on any atom is -0.337 e. The van der Waals surface area contributed by atoms with Gasteiger partial charge in [0.25, 0.3) is 0 Å². The maximum Gasteiger partial charge on any atom is 0.222 e. The summed E-state index contributed by atoms with van der Waals surface area (Å²) in [5.41, 5.74) is 1.37. The first-order chi connectivity index (χ1) is 8.72. The van der Waals surface area contributed by atoms with Crippen LogP contribution in [-0.2, 0) is 11.3 Å². The molecule has 1 amide bonds. The highest BCUT2D eigenvalue weighted by atomic mass is 127. The van der Waals surface area contributed by atoms with Gasteiger partial charge in [-0.1, -0.05) is 12.1 Å². The van der Waals surface area contributed by atoms with Gasteiger partial charge in [0.2, 0.25) is 5.91 Å². The van der Waals surface area contributed by atoms with Gasteiger partial charge < -0.3 is 4.90 Å². The van der Waals surface area contributed by atoms with E-state index < -0.39 is 0 Å². The number of nitrogens with zero attached hydrogens (tertiary/aromatic N) is 2. The molecule has 0 N–H and O–H groups in total. The summed E-state index contributed by atoms with van der Waals surface area (Å²) in [6.07, 6.45) is 1.80. The van der Waals surface area contributed by atoms with Gasteiger partial charge in [-0.3, -0.25) is 9.69 Å². The van der Waals surface area contributed by atoms with Crippen molar-refractivity contribution in [2.75, 3.05) is 19.6 Å². The van der Waals surface area contributed by atoms with Gasteiger partial charge in [-0.05, 0) is 46.7 Å². The van der Waals surface area contributed by atoms with Gasteiger partial charge in [-0.25, -0.2) is 0 Å². The molecule has 1 aromatic carbocycles. The maximum absolute atomic E-state index is 11.6. The number of benzene rings is 1. The molecule has 0 aliphatic carbocycles. The first kappa shape index (κ1) is 12.4. The molecule has 3 rings (SSSR count). The number of hydrogen-bond donors (Lipinski definition) is 0. The summed E-state index contributed by atoms with van der Waals surface area (Å²) in [6.45, 7) is 3.97. The minimum atomic E-state index is 0.355. The molecule has 0 aromatic heterocycles. The fourth-order valence-corrected chi connectivity index (χ4v) is 3.28. The first-order valence-electron chi connectivity index (χ1n) is 6.48. The fraction of sp³-hybridized carbons (Fsp3) is 0.500. The second-order valence-corrected chi connectivity index (χ2v) is 6.39. The molecule has 18 heavy (non-hydrogen) atoms. The van der Waals surface area contributed by atoms with Gasteiger partial charge in [-0.15, -0.1) is 0 Å². The van der Waals surface area contributed by atoms with Crippen molar-refractivity contribution in [3.05, 3.63) is 33.4 Å². The van der Waals surface area contributed by atoms with E-state index in [1.165, 1.54) is 9.13 Å². The summed E-state index contributed by atoms with van der Waals surface area (Å²) in [4.78, 5) is 16.2. The average molecular weight is 356 g/mol. The summed E-state index contributed by atoms with van der Waals surface area (Å²) in [7, 11) is 0. The highest BCUT2D eigenvalue weighted by Gasteiger charge is 2.35. The van der Waals surface area contributed by atoms with Crippen molar-refractivity contribution in [3.63, 3.8) is 0 Å². The smallest absolute Gasteiger partial charge is 0.222 e. The quantitative estimate of drug-likeness (QED) is 0.758. The summed E-state index contributed by atoms with van der Waals surface area (Å²) >= 11 is 2.33. The predicted molar refractivity (Wildman–Crippen MR) is 79.2 cm³/mol. The zero-order chi connectivity index (χ0) is 12.5. The van der Waals surface area contributed by atoms with E-state index in [4.69, 9.17) is 0 Å². The van der Waals surface area contributed by atoms with Crippen molar-refractivity contribution in [1.29, 1.82) is 0 Å². The van der Waals surface area contributed by atoms with Crippen LogP contribution in [0.15, 0.2) is 24.3 Å². The van der Waals surface area contributed by atoms with Crippen molar-refractivity contribution in [2.24, 2.45) is 0 Å². The Labute approximate surface area is 121 Å². The van der Waals surface area contributed by atoms with E-state index in [1.54, 1.807) is 0 Å². The van der Waals surface area contributed by atoms with Crippen LogP contribution in [0.1, 0.15) is 18.4 Å². The predicted octanol–water partition coefficient (Wildman–Crippen LogP) is 2.10. The van der Waals surface area contributed by atoms with Crippen molar-refractivity contribution in [3.8, 4) is 0 Å². The Morgan fingerprint density at radius 1 is 1.22 bits per heavy atom. The molecule has 96 valence electrons. The van der Waals surface area contributed by atoms with E-state index in [-0.39, 0.29) is 0 Å². The molecule has 2 fully saturated rings. The Bertz CT molecular complexity index is 446. The topological polar surface area (TPSA) is 23.6 Å². The Balaban J connectivity index is 1.62. The lowest BCUT2D eigenvalue weighted by Crippen LogP contribution is -2.50. The third kappa shape index (κ3) is 2.54. The third-order valence-electron chi connectivity index (χ3n) is 3.90. The Morgan fingerprint density at radius 2 is 2.00 bits per heavy atom. The van der Waals surface area contributed by atoms with E-state index in [1.807, 2.05) is 0 Å². The van der Waals surface area contributed by atoms with Crippen LogP contribution in [0.3, 0.4) is 0 Å². The molecule has 3 nitrogen and oxygen atoms in total. The monoisotopic (exact) mass is 356 g/mol. The number of halogens is 1. The number of rotatable bonds is 2. The van der Waals surface area contributed by atoms with E-state index >= 15 is 0 Å². The van der Waals surface area contributed by atoms with E-state index in [0.717, 1.165) is 39.0 Å². The Kier molecular flexibility index (Phi) is 3.56. The van der Waals surface area contributed by atoms with E-state index in [0.29, 0.717) is 11.9 Å². The van der Waals surface area contributed by atoms with E-state index in [9.17, 15) is 4.79 Å². The Hall–Kier alpha value is -0.620. The maximum atomic E-state index is 11.6. The highest BCUT2D eigenvalue weighted by Crippen LogP contribution is 2.23. The summed E-state index contributed by atoms with van der Waals surface area (Å²) in [5.74, 6) is 0.355. The SMILES string of the molecule is O=C1CCC2CN(Cc3ccc(I)cc3)CCN12. The minimum absolute atomic E-state index is 0.355. The van der Waals surface area contributed by atoms with Crippen LogP contribution in [0.25, 0.3) is 0 Å². The normalized spacial score (nSPS) is 24.4. The number of carbonyl (C=O) groups is 1. The van der Waals surface area contributed by atoms with Crippen LogP contribution in [-0.4, -0.2) is 41.4 Å². The fourth-order valence-electron chi connectivity index (χ4n) is 2.92. The molecule has 0 radical (unpaired) electrons. The molecule has 2 aliphatic rings. The van der Waals surface area contributed by atoms with Crippen LogP contribution in [0.5, 0.6) is 0 Å². The molecular formula is C14H17IN2O. The van der Waals surface area contributed by atoms with Crippen molar-refractivity contribution in [1.82, 2.24) is 9.80 Å². The molecule has 1 aromatic rings. The number of hydrogen-bond acceptors (Lipinski definition) is 2. The molecule has 0 bridgehead atoms. The standard InChI is InChI=1S/C14H17IN2O/c15-12-3-1-11(2-4-12)9-16-7-8-17-13(10-16)5-6-14(17)18/h1-4,13H,5-10H2. The van der Waals surface area contributed by atoms with Gasteiger partial charge in [0.15, 0.2) is 0 Å². The Morgan fingerprint density at radius 3 is 2.78 bits per heavy atom. The number of fused-ring (bicyclic) bond motifs is 1. The molecular weight excluding hydrogens is 339 g/mol. The summed E-state index contributed by atoms with van der Waals surface area (Å²) in [6, 6.07) is 9.19.